The zero-order valence-corrected chi connectivity index (χ0v) is 17.8. The van der Waals surface area contributed by atoms with Crippen LogP contribution in [0, 0.1) is 0 Å². The normalized spacial score (nSPS) is 17.2. The number of carbonyl (C=O) groups is 1. The number of aliphatic imine (C=N–C) groups is 1. The molecule has 0 fully saturated rings. The van der Waals surface area contributed by atoms with E-state index < -0.39 is 0 Å². The largest absolute Gasteiger partial charge is 0.356 e. The molecule has 1 unspecified atom stereocenters. The van der Waals surface area contributed by atoms with Crippen LogP contribution in [0.3, 0.4) is 0 Å². The Hall–Kier alpha value is -1.35. The Bertz CT molecular complexity index is 597. The third kappa shape index (κ3) is 7.19. The van der Waals surface area contributed by atoms with Crippen molar-refractivity contribution in [2.75, 3.05) is 32.0 Å². The van der Waals surface area contributed by atoms with Crippen molar-refractivity contribution in [3.05, 3.63) is 29.8 Å². The average Bonchev–Trinajstić information content (AvgIpc) is 2.52. The molecule has 0 saturated carbocycles. The molecule has 1 aliphatic heterocycles. The van der Waals surface area contributed by atoms with Crippen LogP contribution < -0.4 is 21.3 Å². The number of carbonyl (C=O) groups excluding carboxylic acids is 1. The van der Waals surface area contributed by atoms with E-state index in [0.717, 1.165) is 24.7 Å². The van der Waals surface area contributed by atoms with E-state index in [1.165, 1.54) is 5.56 Å². The third-order valence-electron chi connectivity index (χ3n) is 3.92. The summed E-state index contributed by atoms with van der Waals surface area (Å²) in [6, 6.07) is 7.97. The lowest BCUT2D eigenvalue weighted by Crippen LogP contribution is -2.45. The molecule has 2 rings (SSSR count). The molecule has 1 aliphatic rings. The zero-order valence-electron chi connectivity index (χ0n) is 15.5. The van der Waals surface area contributed by atoms with Crippen LogP contribution in [0.2, 0.25) is 0 Å². The van der Waals surface area contributed by atoms with Crippen molar-refractivity contribution in [3.63, 3.8) is 0 Å². The van der Waals surface area contributed by atoms with Crippen LogP contribution >= 0.6 is 24.0 Å². The van der Waals surface area contributed by atoms with Gasteiger partial charge in [-0.05, 0) is 32.4 Å². The van der Waals surface area contributed by atoms with Crippen LogP contribution in [0.1, 0.15) is 38.7 Å². The highest BCUT2D eigenvalue weighted by molar-refractivity contribution is 14.0. The summed E-state index contributed by atoms with van der Waals surface area (Å²) in [6.07, 6.45) is 0.493. The van der Waals surface area contributed by atoms with Crippen molar-refractivity contribution >= 4 is 41.5 Å². The lowest BCUT2D eigenvalue weighted by atomic mass is 9.90. The van der Waals surface area contributed by atoms with Crippen LogP contribution in [-0.4, -0.2) is 44.1 Å². The van der Waals surface area contributed by atoms with Gasteiger partial charge in [-0.2, -0.15) is 0 Å². The van der Waals surface area contributed by atoms with Gasteiger partial charge in [-0.15, -0.1) is 24.0 Å². The third-order valence-corrected chi connectivity index (χ3v) is 3.92. The van der Waals surface area contributed by atoms with Crippen molar-refractivity contribution in [1.82, 2.24) is 16.0 Å². The molecule has 25 heavy (non-hydrogen) atoms. The molecule has 1 atom stereocenters. The second kappa shape index (κ2) is 9.96. The first-order valence-electron chi connectivity index (χ1n) is 8.47. The Morgan fingerprint density at radius 1 is 1.24 bits per heavy atom. The summed E-state index contributed by atoms with van der Waals surface area (Å²) in [5.41, 5.74) is 2.20. The quantitative estimate of drug-likeness (QED) is 0.236. The molecule has 0 spiro atoms. The van der Waals surface area contributed by atoms with Crippen molar-refractivity contribution in [3.8, 4) is 0 Å². The van der Waals surface area contributed by atoms with E-state index in [2.05, 4.69) is 53.1 Å². The molecule has 0 saturated heterocycles. The molecule has 0 aromatic heterocycles. The van der Waals surface area contributed by atoms with Crippen molar-refractivity contribution < 1.29 is 4.79 Å². The van der Waals surface area contributed by atoms with Gasteiger partial charge in [0.15, 0.2) is 5.96 Å². The van der Waals surface area contributed by atoms with Crippen molar-refractivity contribution in [2.45, 2.75) is 38.6 Å². The number of para-hydroxylation sites is 1. The Labute approximate surface area is 167 Å². The average molecular weight is 459 g/mol. The van der Waals surface area contributed by atoms with Crippen LogP contribution in [0.25, 0.3) is 0 Å². The Morgan fingerprint density at radius 3 is 2.64 bits per heavy atom. The van der Waals surface area contributed by atoms with E-state index in [1.807, 2.05) is 18.2 Å². The van der Waals surface area contributed by atoms with Gasteiger partial charge in [-0.25, -0.2) is 0 Å². The molecule has 0 aliphatic carbocycles. The summed E-state index contributed by atoms with van der Waals surface area (Å²) in [7, 11) is 1.76. The molecule has 0 radical (unpaired) electrons. The van der Waals surface area contributed by atoms with Gasteiger partial charge in [0.1, 0.15) is 0 Å². The summed E-state index contributed by atoms with van der Waals surface area (Å²) in [5.74, 6) is 0.980. The number of nitrogens with one attached hydrogen (secondary N) is 4. The van der Waals surface area contributed by atoms with E-state index in [9.17, 15) is 4.79 Å². The SMILES string of the molecule is CN=C(NCCNC(C)(C)C)NCC1CC(=O)Nc2ccccc21.I. The lowest BCUT2D eigenvalue weighted by Gasteiger charge is -2.26. The molecule has 1 aromatic rings. The molecule has 6 nitrogen and oxygen atoms in total. The van der Waals surface area contributed by atoms with Crippen LogP contribution in [0.15, 0.2) is 29.3 Å². The number of hydrogen-bond donors (Lipinski definition) is 4. The smallest absolute Gasteiger partial charge is 0.225 e. The van der Waals surface area contributed by atoms with E-state index in [1.54, 1.807) is 7.05 Å². The highest BCUT2D eigenvalue weighted by atomic mass is 127. The molecular weight excluding hydrogens is 429 g/mol. The van der Waals surface area contributed by atoms with Gasteiger partial charge in [0.05, 0.1) is 0 Å². The first-order valence-corrected chi connectivity index (χ1v) is 8.47. The number of amides is 1. The second-order valence-corrected chi connectivity index (χ2v) is 7.09. The van der Waals surface area contributed by atoms with Gasteiger partial charge in [-0.1, -0.05) is 18.2 Å². The second-order valence-electron chi connectivity index (χ2n) is 7.09. The molecule has 7 heteroatoms. The van der Waals surface area contributed by atoms with E-state index in [0.29, 0.717) is 13.0 Å². The summed E-state index contributed by atoms with van der Waals surface area (Å²) < 4.78 is 0. The Morgan fingerprint density at radius 2 is 1.96 bits per heavy atom. The first kappa shape index (κ1) is 21.7. The van der Waals surface area contributed by atoms with Gasteiger partial charge in [-0.3, -0.25) is 9.79 Å². The van der Waals surface area contributed by atoms with Crippen LogP contribution in [0.4, 0.5) is 5.69 Å². The minimum Gasteiger partial charge on any atom is -0.356 e. The topological polar surface area (TPSA) is 77.6 Å². The fraction of sp³-hybridized carbons (Fsp3) is 0.556. The maximum absolute atomic E-state index is 11.9. The molecule has 1 amide bonds. The minimum atomic E-state index is 0. The number of guanidine groups is 1. The highest BCUT2D eigenvalue weighted by Gasteiger charge is 2.24. The van der Waals surface area contributed by atoms with Crippen molar-refractivity contribution in [2.24, 2.45) is 4.99 Å². The number of anilines is 1. The number of halogens is 1. The predicted molar refractivity (Wildman–Crippen MR) is 115 cm³/mol. The predicted octanol–water partition coefficient (Wildman–Crippen LogP) is 2.28. The Balaban J connectivity index is 0.00000312. The number of benzene rings is 1. The maximum atomic E-state index is 11.9. The van der Waals surface area contributed by atoms with E-state index >= 15 is 0 Å². The van der Waals surface area contributed by atoms with Crippen molar-refractivity contribution in [1.29, 1.82) is 0 Å². The highest BCUT2D eigenvalue weighted by Crippen LogP contribution is 2.31. The summed E-state index contributed by atoms with van der Waals surface area (Å²) in [6.45, 7) is 8.76. The minimum absolute atomic E-state index is 0. The molecule has 140 valence electrons. The summed E-state index contributed by atoms with van der Waals surface area (Å²) in [4.78, 5) is 16.1. The summed E-state index contributed by atoms with van der Waals surface area (Å²) in [5, 5.41) is 13.0. The maximum Gasteiger partial charge on any atom is 0.225 e. The zero-order chi connectivity index (χ0) is 17.6. The fourth-order valence-electron chi connectivity index (χ4n) is 2.74. The van der Waals surface area contributed by atoms with E-state index in [4.69, 9.17) is 0 Å². The number of rotatable bonds is 5. The molecule has 1 aromatic carbocycles. The first-order chi connectivity index (χ1) is 11.4. The van der Waals surface area contributed by atoms with Crippen LogP contribution in [0.5, 0.6) is 0 Å². The molecular formula is C18H30IN5O. The monoisotopic (exact) mass is 459 g/mol. The molecule has 0 bridgehead atoms. The lowest BCUT2D eigenvalue weighted by molar-refractivity contribution is -0.116. The number of hydrogen-bond acceptors (Lipinski definition) is 3. The van der Waals surface area contributed by atoms with Gasteiger partial charge in [0.2, 0.25) is 5.91 Å². The Kier molecular flexibility index (Phi) is 8.64. The van der Waals surface area contributed by atoms with Gasteiger partial charge >= 0.3 is 0 Å². The molecule has 1 heterocycles. The van der Waals surface area contributed by atoms with Gasteiger partial charge in [0, 0.05) is 50.2 Å². The number of nitrogens with zero attached hydrogens (tertiary/aromatic N) is 1. The fourth-order valence-corrected chi connectivity index (χ4v) is 2.74. The van der Waals surface area contributed by atoms with Gasteiger partial charge in [0.25, 0.3) is 0 Å². The number of fused-ring (bicyclic) bond motifs is 1. The molecule has 4 N–H and O–H groups in total. The standard InChI is InChI=1S/C18H29N5O.HI/c1-18(2,3)22-10-9-20-17(19-4)21-12-13-11-16(24)23-15-8-6-5-7-14(13)15;/h5-8,13,22H,9-12H2,1-4H3,(H,23,24)(H2,19,20,21);1H. The van der Waals surface area contributed by atoms with Gasteiger partial charge < -0.3 is 21.3 Å². The van der Waals surface area contributed by atoms with E-state index in [-0.39, 0.29) is 41.3 Å². The summed E-state index contributed by atoms with van der Waals surface area (Å²) >= 11 is 0. The van der Waals surface area contributed by atoms with Crippen LogP contribution in [-0.2, 0) is 4.79 Å².